The fraction of sp³-hybridized carbons (Fsp3) is 0.950. The first-order valence-corrected chi connectivity index (χ1v) is 9.64. The molecule has 0 aromatic carbocycles. The molecule has 0 aliphatic heterocycles. The highest BCUT2D eigenvalue weighted by Gasteiger charge is 2.07. The van der Waals surface area contributed by atoms with Gasteiger partial charge in [0.05, 0.1) is 0 Å². The molecule has 0 N–H and O–H groups in total. The lowest BCUT2D eigenvalue weighted by Crippen LogP contribution is -2.00. The molecule has 0 rings (SSSR count). The zero-order valence-electron chi connectivity index (χ0n) is 14.6. The van der Waals surface area contributed by atoms with E-state index in [0.717, 1.165) is 12.3 Å². The van der Waals surface area contributed by atoms with Crippen LogP contribution < -0.4 is 0 Å². The Balaban J connectivity index is 3.34. The summed E-state index contributed by atoms with van der Waals surface area (Å²) in [5.41, 5.74) is 0. The van der Waals surface area contributed by atoms with E-state index in [9.17, 15) is 0 Å². The fourth-order valence-electron chi connectivity index (χ4n) is 3.15. The molecule has 1 radical (unpaired) electrons. The monoisotopic (exact) mass is 281 g/mol. The van der Waals surface area contributed by atoms with Gasteiger partial charge in [-0.1, -0.05) is 124 Å². The molecule has 0 saturated carbocycles. The molecule has 0 heterocycles. The van der Waals surface area contributed by atoms with Gasteiger partial charge in [0.15, 0.2) is 0 Å². The van der Waals surface area contributed by atoms with Crippen LogP contribution in [0.4, 0.5) is 0 Å². The first-order chi connectivity index (χ1) is 9.85. The number of unbranched alkanes of at least 4 members (excludes halogenated alkanes) is 10. The van der Waals surface area contributed by atoms with Crippen molar-refractivity contribution in [3.05, 3.63) is 6.92 Å². The van der Waals surface area contributed by atoms with E-state index in [2.05, 4.69) is 20.8 Å². The van der Waals surface area contributed by atoms with Crippen LogP contribution in [0.15, 0.2) is 0 Å². The third-order valence-corrected chi connectivity index (χ3v) is 4.54. The Kier molecular flexibility index (Phi) is 17.1. The third kappa shape index (κ3) is 14.4. The Morgan fingerprint density at radius 3 is 1.45 bits per heavy atom. The molecule has 121 valence electrons. The molecule has 0 amide bonds. The summed E-state index contributed by atoms with van der Waals surface area (Å²) in [6.45, 7) is 8.64. The lowest BCUT2D eigenvalue weighted by atomic mass is 9.91. The van der Waals surface area contributed by atoms with Crippen molar-refractivity contribution in [2.24, 2.45) is 5.92 Å². The van der Waals surface area contributed by atoms with E-state index in [1.807, 2.05) is 0 Å². The van der Waals surface area contributed by atoms with Crippen LogP contribution in [0.2, 0.25) is 0 Å². The summed E-state index contributed by atoms with van der Waals surface area (Å²) in [6, 6.07) is 0. The van der Waals surface area contributed by atoms with Gasteiger partial charge in [-0.2, -0.15) is 0 Å². The maximum absolute atomic E-state index is 4.05. The second-order valence-corrected chi connectivity index (χ2v) is 6.62. The predicted molar refractivity (Wildman–Crippen MR) is 94.1 cm³/mol. The van der Waals surface area contributed by atoms with Crippen LogP contribution in [-0.2, 0) is 0 Å². The van der Waals surface area contributed by atoms with E-state index in [1.165, 1.54) is 96.3 Å². The topological polar surface area (TPSA) is 0 Å². The summed E-state index contributed by atoms with van der Waals surface area (Å²) in [5, 5.41) is 0. The highest BCUT2D eigenvalue weighted by Crippen LogP contribution is 2.22. The van der Waals surface area contributed by atoms with Crippen LogP contribution in [0.3, 0.4) is 0 Å². The average molecular weight is 282 g/mol. The SMILES string of the molecule is [CH2]CCC(CCCCC)CCCCCCCCCCC. The van der Waals surface area contributed by atoms with Crippen molar-refractivity contribution in [3.8, 4) is 0 Å². The van der Waals surface area contributed by atoms with Crippen molar-refractivity contribution >= 4 is 0 Å². The molecule has 0 aromatic heterocycles. The molecule has 0 aliphatic rings. The van der Waals surface area contributed by atoms with Crippen LogP contribution in [0.5, 0.6) is 0 Å². The van der Waals surface area contributed by atoms with Crippen molar-refractivity contribution in [1.29, 1.82) is 0 Å². The number of rotatable bonds is 16. The lowest BCUT2D eigenvalue weighted by molar-refractivity contribution is 0.385. The van der Waals surface area contributed by atoms with Gasteiger partial charge in [-0.05, 0) is 5.92 Å². The molecule has 0 heteroatoms. The van der Waals surface area contributed by atoms with Crippen molar-refractivity contribution in [1.82, 2.24) is 0 Å². The zero-order valence-corrected chi connectivity index (χ0v) is 14.6. The smallest absolute Gasteiger partial charge is 0.0414 e. The molecule has 1 atom stereocenters. The van der Waals surface area contributed by atoms with Crippen molar-refractivity contribution in [3.63, 3.8) is 0 Å². The number of hydrogen-bond acceptors (Lipinski definition) is 0. The summed E-state index contributed by atoms with van der Waals surface area (Å²) < 4.78 is 0. The van der Waals surface area contributed by atoms with Crippen LogP contribution in [0.25, 0.3) is 0 Å². The van der Waals surface area contributed by atoms with Gasteiger partial charge < -0.3 is 0 Å². The molecule has 0 bridgehead atoms. The molecule has 0 aliphatic carbocycles. The van der Waals surface area contributed by atoms with Crippen molar-refractivity contribution < 1.29 is 0 Å². The minimum Gasteiger partial charge on any atom is -0.0654 e. The Bertz CT molecular complexity index is 161. The quantitative estimate of drug-likeness (QED) is 0.254. The Labute approximate surface area is 130 Å². The normalized spacial score (nSPS) is 12.8. The van der Waals surface area contributed by atoms with E-state index in [4.69, 9.17) is 0 Å². The zero-order chi connectivity index (χ0) is 14.9. The standard InChI is InChI=1S/C20H41/c1-4-7-9-10-11-12-13-14-16-19-20(17-6-3)18-15-8-5-2/h20H,3-19H2,1-2H3. The van der Waals surface area contributed by atoms with Crippen LogP contribution in [-0.4, -0.2) is 0 Å². The Morgan fingerprint density at radius 1 is 0.550 bits per heavy atom. The molecular weight excluding hydrogens is 240 g/mol. The van der Waals surface area contributed by atoms with Gasteiger partial charge >= 0.3 is 0 Å². The predicted octanol–water partition coefficient (Wildman–Crippen LogP) is 7.72. The van der Waals surface area contributed by atoms with E-state index in [-0.39, 0.29) is 0 Å². The van der Waals surface area contributed by atoms with Gasteiger partial charge in [-0.15, -0.1) is 0 Å². The molecule has 1 unspecified atom stereocenters. The number of hydrogen-bond donors (Lipinski definition) is 0. The lowest BCUT2D eigenvalue weighted by Gasteiger charge is -2.15. The van der Waals surface area contributed by atoms with E-state index in [0.29, 0.717) is 0 Å². The molecular formula is C20H41. The fourth-order valence-corrected chi connectivity index (χ4v) is 3.15. The maximum atomic E-state index is 4.05. The molecule has 0 saturated heterocycles. The second kappa shape index (κ2) is 17.1. The van der Waals surface area contributed by atoms with Crippen molar-refractivity contribution in [2.75, 3.05) is 0 Å². The van der Waals surface area contributed by atoms with E-state index < -0.39 is 0 Å². The van der Waals surface area contributed by atoms with Gasteiger partial charge in [0, 0.05) is 0 Å². The van der Waals surface area contributed by atoms with Gasteiger partial charge in [-0.3, -0.25) is 0 Å². The van der Waals surface area contributed by atoms with Gasteiger partial charge in [0.25, 0.3) is 0 Å². The molecule has 0 fully saturated rings. The van der Waals surface area contributed by atoms with E-state index >= 15 is 0 Å². The first kappa shape index (κ1) is 20.0. The highest BCUT2D eigenvalue weighted by atomic mass is 14.1. The molecule has 20 heavy (non-hydrogen) atoms. The van der Waals surface area contributed by atoms with E-state index in [1.54, 1.807) is 0 Å². The summed E-state index contributed by atoms with van der Waals surface area (Å²) in [6.07, 6.45) is 22.7. The minimum atomic E-state index is 0.976. The first-order valence-electron chi connectivity index (χ1n) is 9.64. The van der Waals surface area contributed by atoms with Crippen LogP contribution in [0.1, 0.15) is 117 Å². The molecule has 0 aromatic rings. The molecule has 0 nitrogen and oxygen atoms in total. The second-order valence-electron chi connectivity index (χ2n) is 6.62. The van der Waals surface area contributed by atoms with Gasteiger partial charge in [0.1, 0.15) is 0 Å². The van der Waals surface area contributed by atoms with Gasteiger partial charge in [-0.25, -0.2) is 0 Å². The highest BCUT2D eigenvalue weighted by molar-refractivity contribution is 4.61. The van der Waals surface area contributed by atoms with Crippen LogP contribution in [0, 0.1) is 12.8 Å². The van der Waals surface area contributed by atoms with Crippen LogP contribution >= 0.6 is 0 Å². The Morgan fingerprint density at radius 2 is 0.950 bits per heavy atom. The summed E-state index contributed by atoms with van der Waals surface area (Å²) in [7, 11) is 0. The van der Waals surface area contributed by atoms with Crippen molar-refractivity contribution in [2.45, 2.75) is 117 Å². The summed E-state index contributed by atoms with van der Waals surface area (Å²) >= 11 is 0. The Hall–Kier alpha value is 0. The molecule has 0 spiro atoms. The summed E-state index contributed by atoms with van der Waals surface area (Å²) in [4.78, 5) is 0. The summed E-state index contributed by atoms with van der Waals surface area (Å²) in [5.74, 6) is 0.976. The van der Waals surface area contributed by atoms with Gasteiger partial charge in [0.2, 0.25) is 0 Å². The minimum absolute atomic E-state index is 0.976. The third-order valence-electron chi connectivity index (χ3n) is 4.54. The largest absolute Gasteiger partial charge is 0.0654 e. The average Bonchev–Trinajstić information content (AvgIpc) is 2.45. The maximum Gasteiger partial charge on any atom is -0.0414 e.